The molecule has 3 heterocycles. The fraction of sp³-hybridized carbons (Fsp3) is 0.133. The summed E-state index contributed by atoms with van der Waals surface area (Å²) in [5.41, 5.74) is 3.18. The first-order valence-electron chi connectivity index (χ1n) is 6.70. The molecule has 0 unspecified atom stereocenters. The predicted molar refractivity (Wildman–Crippen MR) is 96.8 cm³/mol. The van der Waals surface area contributed by atoms with Gasteiger partial charge in [0.25, 0.3) is 0 Å². The molecule has 1 N–H and O–H groups in total. The molecular weight excluding hydrogens is 405 g/mol. The Bertz CT molecular complexity index is 872. The summed E-state index contributed by atoms with van der Waals surface area (Å²) in [6.45, 7) is 0.925. The molecule has 1 aliphatic heterocycles. The highest BCUT2D eigenvalue weighted by molar-refractivity contribution is 9.11. The molecule has 3 nitrogen and oxygen atoms in total. The Balaban J connectivity index is 1.89. The molecule has 0 aliphatic carbocycles. The van der Waals surface area contributed by atoms with Gasteiger partial charge in [0.05, 0.1) is 24.4 Å². The average molecular weight is 415 g/mol. The lowest BCUT2D eigenvalue weighted by atomic mass is 10.2. The van der Waals surface area contributed by atoms with E-state index in [1.54, 1.807) is 17.4 Å². The molecular formula is C15H10BrCl2N3S. The van der Waals surface area contributed by atoms with E-state index in [0.717, 1.165) is 38.8 Å². The molecule has 2 aromatic heterocycles. The standard InChI is InChI=1S/C15H10BrCl2N3S/c16-13-4-3-12(22-13)14-9-5-6-19-15(9)21(20-14)8-1-2-10(17)11(18)7-8/h1-4,7,19H,5-6H2. The van der Waals surface area contributed by atoms with Crippen LogP contribution in [-0.4, -0.2) is 16.3 Å². The first-order chi connectivity index (χ1) is 10.6. The van der Waals surface area contributed by atoms with Gasteiger partial charge in [-0.1, -0.05) is 23.2 Å². The van der Waals surface area contributed by atoms with E-state index in [0.29, 0.717) is 10.0 Å². The Morgan fingerprint density at radius 1 is 1.18 bits per heavy atom. The van der Waals surface area contributed by atoms with Crippen LogP contribution in [0.5, 0.6) is 0 Å². The van der Waals surface area contributed by atoms with Gasteiger partial charge in [0, 0.05) is 12.1 Å². The highest BCUT2D eigenvalue weighted by Gasteiger charge is 2.24. The van der Waals surface area contributed by atoms with Gasteiger partial charge in [-0.3, -0.25) is 0 Å². The Labute approximate surface area is 150 Å². The molecule has 0 saturated carbocycles. The van der Waals surface area contributed by atoms with E-state index in [-0.39, 0.29) is 0 Å². The van der Waals surface area contributed by atoms with Gasteiger partial charge in [0.2, 0.25) is 0 Å². The van der Waals surface area contributed by atoms with E-state index in [1.165, 1.54) is 5.56 Å². The lowest BCUT2D eigenvalue weighted by Gasteiger charge is -2.07. The van der Waals surface area contributed by atoms with Crippen LogP contribution in [0.3, 0.4) is 0 Å². The van der Waals surface area contributed by atoms with Gasteiger partial charge < -0.3 is 5.32 Å². The minimum Gasteiger partial charge on any atom is -0.369 e. The lowest BCUT2D eigenvalue weighted by molar-refractivity contribution is 0.883. The maximum Gasteiger partial charge on any atom is 0.133 e. The third-order valence-electron chi connectivity index (χ3n) is 3.61. The first kappa shape index (κ1) is 14.6. The molecule has 7 heteroatoms. The van der Waals surface area contributed by atoms with Crippen LogP contribution in [0, 0.1) is 0 Å². The molecule has 1 aliphatic rings. The van der Waals surface area contributed by atoms with Crippen LogP contribution in [0.4, 0.5) is 5.82 Å². The predicted octanol–water partition coefficient (Wildman–Crippen LogP) is 5.64. The summed E-state index contributed by atoms with van der Waals surface area (Å²) in [5.74, 6) is 1.04. The summed E-state index contributed by atoms with van der Waals surface area (Å²) in [7, 11) is 0. The van der Waals surface area contributed by atoms with Crippen LogP contribution < -0.4 is 5.32 Å². The quantitative estimate of drug-likeness (QED) is 0.588. The van der Waals surface area contributed by atoms with E-state index in [1.807, 2.05) is 22.9 Å². The smallest absolute Gasteiger partial charge is 0.133 e. The van der Waals surface area contributed by atoms with Crippen LogP contribution in [0.1, 0.15) is 5.56 Å². The number of hydrogen-bond donors (Lipinski definition) is 1. The normalized spacial score (nSPS) is 13.2. The second-order valence-corrected chi connectivity index (χ2v) is 8.24. The molecule has 0 atom stereocenters. The summed E-state index contributed by atoms with van der Waals surface area (Å²) >= 11 is 17.4. The van der Waals surface area contributed by atoms with Crippen molar-refractivity contribution in [3.05, 3.63) is 49.7 Å². The second kappa shape index (κ2) is 5.57. The SMILES string of the molecule is Clc1ccc(-n2nc(-c3ccc(Br)s3)c3c2NCC3)cc1Cl. The minimum atomic E-state index is 0.529. The average Bonchev–Trinajstić information content (AvgIpc) is 3.17. The van der Waals surface area contributed by atoms with Gasteiger partial charge in [-0.05, 0) is 52.7 Å². The maximum absolute atomic E-state index is 6.14. The maximum atomic E-state index is 6.14. The lowest BCUT2D eigenvalue weighted by Crippen LogP contribution is -2.04. The van der Waals surface area contributed by atoms with Crippen molar-refractivity contribution in [1.29, 1.82) is 0 Å². The molecule has 0 bridgehead atoms. The van der Waals surface area contributed by atoms with E-state index < -0.39 is 0 Å². The summed E-state index contributed by atoms with van der Waals surface area (Å²) in [5, 5.41) is 9.29. The molecule has 1 aromatic carbocycles. The zero-order valence-electron chi connectivity index (χ0n) is 11.2. The van der Waals surface area contributed by atoms with Gasteiger partial charge in [-0.15, -0.1) is 11.3 Å². The number of nitrogens with zero attached hydrogens (tertiary/aromatic N) is 2. The number of thiophene rings is 1. The monoisotopic (exact) mass is 413 g/mol. The first-order valence-corrected chi connectivity index (χ1v) is 9.07. The van der Waals surface area contributed by atoms with Crippen molar-refractivity contribution in [2.45, 2.75) is 6.42 Å². The third-order valence-corrected chi connectivity index (χ3v) is 5.97. The zero-order valence-corrected chi connectivity index (χ0v) is 15.2. The van der Waals surface area contributed by atoms with Crippen molar-refractivity contribution in [3.8, 4) is 16.3 Å². The Kier molecular flexibility index (Phi) is 3.69. The van der Waals surface area contributed by atoms with E-state index in [2.05, 4.69) is 27.3 Å². The Hall–Kier alpha value is -1.01. The number of nitrogens with one attached hydrogen (secondary N) is 1. The van der Waals surface area contributed by atoms with Crippen molar-refractivity contribution in [2.24, 2.45) is 0 Å². The van der Waals surface area contributed by atoms with Gasteiger partial charge >= 0.3 is 0 Å². The van der Waals surface area contributed by atoms with Gasteiger partial charge in [0.15, 0.2) is 0 Å². The summed E-state index contributed by atoms with van der Waals surface area (Å²) in [4.78, 5) is 1.16. The molecule has 0 saturated heterocycles. The number of hydrogen-bond acceptors (Lipinski definition) is 3. The number of aromatic nitrogens is 2. The molecule has 0 radical (unpaired) electrons. The molecule has 0 spiro atoms. The van der Waals surface area contributed by atoms with Gasteiger partial charge in [-0.25, -0.2) is 4.68 Å². The molecule has 0 amide bonds. The molecule has 22 heavy (non-hydrogen) atoms. The molecule has 3 aromatic rings. The number of benzene rings is 1. The molecule has 4 rings (SSSR count). The van der Waals surface area contributed by atoms with Crippen LogP contribution in [0.2, 0.25) is 10.0 Å². The van der Waals surface area contributed by atoms with Crippen molar-refractivity contribution in [1.82, 2.24) is 9.78 Å². The second-order valence-electron chi connectivity index (χ2n) is 4.97. The third kappa shape index (κ3) is 2.36. The number of halogens is 3. The van der Waals surface area contributed by atoms with Crippen LogP contribution in [-0.2, 0) is 6.42 Å². The Morgan fingerprint density at radius 2 is 2.05 bits per heavy atom. The van der Waals surface area contributed by atoms with Crippen LogP contribution >= 0.6 is 50.5 Å². The Morgan fingerprint density at radius 3 is 2.77 bits per heavy atom. The summed E-state index contributed by atoms with van der Waals surface area (Å²) in [6, 6.07) is 9.70. The molecule has 112 valence electrons. The topological polar surface area (TPSA) is 29.9 Å². The van der Waals surface area contributed by atoms with Crippen LogP contribution in [0.15, 0.2) is 34.1 Å². The fourth-order valence-electron chi connectivity index (χ4n) is 2.62. The highest BCUT2D eigenvalue weighted by Crippen LogP contribution is 2.39. The summed E-state index contributed by atoms with van der Waals surface area (Å²) < 4.78 is 3.01. The minimum absolute atomic E-state index is 0.529. The van der Waals surface area contributed by atoms with Gasteiger partial charge in [0.1, 0.15) is 11.5 Å². The van der Waals surface area contributed by atoms with Crippen LogP contribution in [0.25, 0.3) is 16.3 Å². The van der Waals surface area contributed by atoms with E-state index >= 15 is 0 Å². The van der Waals surface area contributed by atoms with Gasteiger partial charge in [-0.2, -0.15) is 5.10 Å². The van der Waals surface area contributed by atoms with E-state index in [9.17, 15) is 0 Å². The highest BCUT2D eigenvalue weighted by atomic mass is 79.9. The van der Waals surface area contributed by atoms with E-state index in [4.69, 9.17) is 28.3 Å². The fourth-order valence-corrected chi connectivity index (χ4v) is 4.31. The summed E-state index contributed by atoms with van der Waals surface area (Å²) in [6.07, 6.45) is 0.974. The van der Waals surface area contributed by atoms with Crippen molar-refractivity contribution < 1.29 is 0 Å². The van der Waals surface area contributed by atoms with Crippen molar-refractivity contribution >= 4 is 56.3 Å². The number of anilines is 1. The van der Waals surface area contributed by atoms with Crippen molar-refractivity contribution in [3.63, 3.8) is 0 Å². The zero-order chi connectivity index (χ0) is 15.3. The number of rotatable bonds is 2. The van der Waals surface area contributed by atoms with Crippen molar-refractivity contribution in [2.75, 3.05) is 11.9 Å². The molecule has 0 fully saturated rings. The number of fused-ring (bicyclic) bond motifs is 1. The largest absolute Gasteiger partial charge is 0.369 e.